The molecule has 2 fully saturated rings. The van der Waals surface area contributed by atoms with E-state index in [-0.39, 0.29) is 17.9 Å². The molecule has 1 aliphatic heterocycles. The summed E-state index contributed by atoms with van der Waals surface area (Å²) in [5.74, 6) is -2.02. The predicted molar refractivity (Wildman–Crippen MR) is 173 cm³/mol. The summed E-state index contributed by atoms with van der Waals surface area (Å²) in [6.07, 6.45) is -2.63. The Hall–Kier alpha value is -1.34. The highest BCUT2D eigenvalue weighted by atomic mass is 16.6. The first-order chi connectivity index (χ1) is 20.7. The Labute approximate surface area is 271 Å². The molecule has 2 aliphatic rings. The van der Waals surface area contributed by atoms with Crippen molar-refractivity contribution in [3.63, 3.8) is 0 Å². The van der Waals surface area contributed by atoms with Crippen LogP contribution in [-0.4, -0.2) is 132 Å². The van der Waals surface area contributed by atoms with Crippen LogP contribution in [0.25, 0.3) is 0 Å². The summed E-state index contributed by atoms with van der Waals surface area (Å²) < 4.78 is 24.7. The molecule has 4 unspecified atom stereocenters. The molecular formula is C34H64N2O9. The molecule has 1 aliphatic carbocycles. The third-order valence-corrected chi connectivity index (χ3v) is 10.4. The Morgan fingerprint density at radius 1 is 1.07 bits per heavy atom. The van der Waals surface area contributed by atoms with Crippen LogP contribution in [0.15, 0.2) is 0 Å². The molecule has 11 heteroatoms. The number of ether oxygens (including phenoxy) is 4. The molecule has 1 heterocycles. The number of carbonyl (C=O) groups is 2. The minimum Gasteiger partial charge on any atom is -0.459 e. The maximum Gasteiger partial charge on any atom is 0.311 e. The first-order valence-electron chi connectivity index (χ1n) is 16.7. The normalized spacial score (nSPS) is 45.0. The number of carbonyl (C=O) groups excluding carboxylic acids is 2. The number of aliphatic hydroxyl groups is 3. The summed E-state index contributed by atoms with van der Waals surface area (Å²) in [4.78, 5) is 29.9. The highest BCUT2D eigenvalue weighted by Crippen LogP contribution is 2.39. The van der Waals surface area contributed by atoms with Crippen LogP contribution >= 0.6 is 0 Å². The van der Waals surface area contributed by atoms with E-state index in [9.17, 15) is 24.9 Å². The maximum absolute atomic E-state index is 13.6. The summed E-state index contributed by atoms with van der Waals surface area (Å²) in [6.45, 7) is 16.6. The molecule has 1 saturated heterocycles. The number of rotatable bonds is 6. The molecule has 0 amide bonds. The van der Waals surface area contributed by atoms with Crippen molar-refractivity contribution < 1.29 is 43.9 Å². The minimum atomic E-state index is -1.71. The average molecular weight is 645 g/mol. The van der Waals surface area contributed by atoms with Gasteiger partial charge in [-0.05, 0) is 86.4 Å². The summed E-state index contributed by atoms with van der Waals surface area (Å²) in [5.41, 5.74) is -3.09. The molecule has 14 atom stereocenters. The van der Waals surface area contributed by atoms with Crippen molar-refractivity contribution in [2.24, 2.45) is 23.7 Å². The molecule has 45 heavy (non-hydrogen) atoms. The van der Waals surface area contributed by atoms with Gasteiger partial charge in [0.05, 0.1) is 29.8 Å². The highest BCUT2D eigenvalue weighted by Gasteiger charge is 2.50. The van der Waals surface area contributed by atoms with Gasteiger partial charge in [-0.15, -0.1) is 0 Å². The fourth-order valence-electron chi connectivity index (χ4n) is 7.94. The first kappa shape index (κ1) is 39.8. The smallest absolute Gasteiger partial charge is 0.311 e. The van der Waals surface area contributed by atoms with E-state index in [2.05, 4.69) is 11.8 Å². The van der Waals surface area contributed by atoms with E-state index in [1.54, 1.807) is 20.8 Å². The van der Waals surface area contributed by atoms with Gasteiger partial charge in [0, 0.05) is 38.6 Å². The molecule has 0 aromatic carbocycles. The average Bonchev–Trinajstić information content (AvgIpc) is 2.93. The van der Waals surface area contributed by atoms with E-state index in [4.69, 9.17) is 18.9 Å². The van der Waals surface area contributed by atoms with Gasteiger partial charge in [-0.1, -0.05) is 27.7 Å². The summed E-state index contributed by atoms with van der Waals surface area (Å²) in [6, 6.07) is -0.548. The van der Waals surface area contributed by atoms with Crippen molar-refractivity contribution in [1.82, 2.24) is 9.80 Å². The molecule has 0 bridgehead atoms. The molecular weight excluding hydrogens is 580 g/mol. The zero-order valence-electron chi connectivity index (χ0n) is 30.1. The van der Waals surface area contributed by atoms with E-state index >= 15 is 0 Å². The standard InChI is InChI=1S/C34H64N2O9/c1-14-27-34(9,41)30(38)23(6)36(12)18-20(3)17-33(8,40)31(21(4)28(42-13)22(5)32(39)45-27)44-26-16-19(2)15-25(35(10)11)29(26)43-24(7)37/h19-23,25-31,38,40-41H,14-18H2,1-13H3/t19?,20-,21+,22?,23-,25+,26?,27-,28?,29-,30-,31-,33-,34-/m1/s1. The number of nitrogens with zero attached hydrogens (tertiary/aromatic N) is 2. The molecule has 0 aromatic rings. The Bertz CT molecular complexity index is 960. The van der Waals surface area contributed by atoms with Crippen LogP contribution in [-0.2, 0) is 28.5 Å². The second-order valence-corrected chi connectivity index (χ2v) is 15.0. The zero-order valence-corrected chi connectivity index (χ0v) is 30.1. The fourth-order valence-corrected chi connectivity index (χ4v) is 7.94. The quantitative estimate of drug-likeness (QED) is 0.368. The van der Waals surface area contributed by atoms with Gasteiger partial charge in [0.15, 0.2) is 0 Å². The Balaban J connectivity index is 2.64. The molecule has 3 N–H and O–H groups in total. The van der Waals surface area contributed by atoms with E-state index in [0.717, 1.165) is 6.42 Å². The number of hydrogen-bond acceptors (Lipinski definition) is 11. The molecule has 1 saturated carbocycles. The minimum absolute atomic E-state index is 0.0460. The third-order valence-electron chi connectivity index (χ3n) is 10.4. The van der Waals surface area contributed by atoms with E-state index in [0.29, 0.717) is 25.8 Å². The van der Waals surface area contributed by atoms with Crippen molar-refractivity contribution in [2.45, 2.75) is 148 Å². The largest absolute Gasteiger partial charge is 0.459 e. The number of methoxy groups -OCH3 is 1. The van der Waals surface area contributed by atoms with Gasteiger partial charge in [-0.25, -0.2) is 0 Å². The zero-order chi connectivity index (χ0) is 34.6. The second-order valence-electron chi connectivity index (χ2n) is 15.0. The first-order valence-corrected chi connectivity index (χ1v) is 16.7. The predicted octanol–water partition coefficient (Wildman–Crippen LogP) is 2.86. The van der Waals surface area contributed by atoms with Crippen LogP contribution in [0.4, 0.5) is 0 Å². The summed E-state index contributed by atoms with van der Waals surface area (Å²) in [5, 5.41) is 35.1. The van der Waals surface area contributed by atoms with Crippen LogP contribution in [0.5, 0.6) is 0 Å². The van der Waals surface area contributed by atoms with Crippen molar-refractivity contribution in [2.75, 3.05) is 34.8 Å². The Kier molecular flexibility index (Phi) is 14.3. The van der Waals surface area contributed by atoms with Crippen LogP contribution < -0.4 is 0 Å². The molecule has 2 rings (SSSR count). The number of hydrogen-bond donors (Lipinski definition) is 3. The summed E-state index contributed by atoms with van der Waals surface area (Å²) >= 11 is 0. The van der Waals surface area contributed by atoms with Crippen LogP contribution in [0.2, 0.25) is 0 Å². The molecule has 11 nitrogen and oxygen atoms in total. The highest BCUT2D eigenvalue weighted by molar-refractivity contribution is 5.73. The van der Waals surface area contributed by atoms with Gasteiger partial charge >= 0.3 is 11.9 Å². The van der Waals surface area contributed by atoms with Gasteiger partial charge in [0.2, 0.25) is 0 Å². The van der Waals surface area contributed by atoms with Crippen molar-refractivity contribution in [3.8, 4) is 0 Å². The van der Waals surface area contributed by atoms with Gasteiger partial charge < -0.3 is 44.1 Å². The monoisotopic (exact) mass is 644 g/mol. The molecule has 0 radical (unpaired) electrons. The van der Waals surface area contributed by atoms with Gasteiger partial charge in [-0.2, -0.15) is 0 Å². The van der Waals surface area contributed by atoms with Crippen LogP contribution in [0.3, 0.4) is 0 Å². The molecule has 0 aromatic heterocycles. The fraction of sp³-hybridized carbons (Fsp3) is 0.941. The SMILES string of the molecule is CC[C@H]1OC(=O)C(C)C(OC)[C@H](C)[C@@H](OC2CC(C)C[C@H](N(C)C)[C@H]2OC(C)=O)[C@](C)(O)C[C@@H](C)CN(C)[C@H](C)[C@@H](O)[C@]1(C)O. The molecule has 264 valence electrons. The lowest BCUT2D eigenvalue weighted by Gasteiger charge is -2.48. The van der Waals surface area contributed by atoms with Crippen molar-refractivity contribution in [3.05, 3.63) is 0 Å². The Morgan fingerprint density at radius 2 is 1.67 bits per heavy atom. The van der Waals surface area contributed by atoms with Gasteiger partial charge in [0.1, 0.15) is 23.9 Å². The number of cyclic esters (lactones) is 1. The lowest BCUT2D eigenvalue weighted by Crippen LogP contribution is -2.59. The lowest BCUT2D eigenvalue weighted by atomic mass is 9.77. The maximum atomic E-state index is 13.6. The third kappa shape index (κ3) is 9.61. The van der Waals surface area contributed by atoms with Crippen LogP contribution in [0.1, 0.15) is 88.0 Å². The second kappa shape index (κ2) is 16.2. The number of esters is 2. The summed E-state index contributed by atoms with van der Waals surface area (Å²) in [7, 11) is 7.32. The topological polar surface area (TPSA) is 138 Å². The number of aliphatic hydroxyl groups excluding tert-OH is 1. The Morgan fingerprint density at radius 3 is 2.18 bits per heavy atom. The van der Waals surface area contributed by atoms with Gasteiger partial charge in [0.25, 0.3) is 0 Å². The van der Waals surface area contributed by atoms with Gasteiger partial charge in [-0.3, -0.25) is 9.59 Å². The van der Waals surface area contributed by atoms with E-state index < -0.39 is 77.6 Å². The van der Waals surface area contributed by atoms with Crippen LogP contribution in [0, 0.1) is 23.7 Å². The lowest BCUT2D eigenvalue weighted by molar-refractivity contribution is -0.219. The van der Waals surface area contributed by atoms with Crippen molar-refractivity contribution >= 4 is 11.9 Å². The van der Waals surface area contributed by atoms with E-state index in [1.165, 1.54) is 21.0 Å². The molecule has 0 spiro atoms. The van der Waals surface area contributed by atoms with E-state index in [1.807, 2.05) is 46.8 Å². The van der Waals surface area contributed by atoms with Crippen molar-refractivity contribution in [1.29, 1.82) is 0 Å². The number of likely N-dealkylation sites (N-methyl/N-ethyl adjacent to an activating group) is 2.